The molecule has 2 aromatic heterocycles. The summed E-state index contributed by atoms with van der Waals surface area (Å²) in [5.74, 6) is -0.517. The Morgan fingerprint density at radius 3 is 2.83 bits per heavy atom. The van der Waals surface area contributed by atoms with Crippen molar-refractivity contribution in [1.29, 1.82) is 0 Å². The summed E-state index contributed by atoms with van der Waals surface area (Å²) in [5, 5.41) is 11.0. The molecule has 6 nitrogen and oxygen atoms in total. The third-order valence-electron chi connectivity index (χ3n) is 3.60. The van der Waals surface area contributed by atoms with Crippen molar-refractivity contribution in [3.63, 3.8) is 0 Å². The number of amides is 1. The second kappa shape index (κ2) is 6.04. The van der Waals surface area contributed by atoms with E-state index >= 15 is 0 Å². The van der Waals surface area contributed by atoms with E-state index in [9.17, 15) is 9.18 Å². The van der Waals surface area contributed by atoms with E-state index in [4.69, 9.17) is 0 Å². The molecule has 0 atom stereocenters. The van der Waals surface area contributed by atoms with Crippen molar-refractivity contribution >= 4 is 11.6 Å². The molecular weight excluding hydrogens is 297 g/mol. The number of benzene rings is 1. The monoisotopic (exact) mass is 313 g/mol. The number of aryl methyl sites for hydroxylation is 1. The fourth-order valence-electron chi connectivity index (χ4n) is 2.26. The average Bonchev–Trinajstić information content (AvgIpc) is 3.07. The van der Waals surface area contributed by atoms with Crippen LogP contribution in [0, 0.1) is 12.7 Å². The van der Waals surface area contributed by atoms with Crippen LogP contribution in [0.5, 0.6) is 0 Å². The maximum absolute atomic E-state index is 13.2. The third-order valence-corrected chi connectivity index (χ3v) is 3.60. The van der Waals surface area contributed by atoms with Gasteiger partial charge in [0.1, 0.15) is 5.82 Å². The first-order valence-electron chi connectivity index (χ1n) is 7.10. The second-order valence-electron chi connectivity index (χ2n) is 5.28. The number of aromatic nitrogens is 4. The van der Waals surface area contributed by atoms with Crippen molar-refractivity contribution in [2.45, 2.75) is 13.5 Å². The molecule has 0 aliphatic heterocycles. The van der Waals surface area contributed by atoms with E-state index in [-0.39, 0.29) is 11.7 Å². The summed E-state index contributed by atoms with van der Waals surface area (Å²) in [6.45, 7) is 2.26. The van der Waals surface area contributed by atoms with Crippen LogP contribution in [-0.4, -0.2) is 25.5 Å². The predicted molar refractivity (Wildman–Crippen MR) is 83.6 cm³/mol. The fraction of sp³-hybridized carbons (Fsp3) is 0.188. The Morgan fingerprint density at radius 2 is 2.13 bits per heavy atom. The molecule has 7 heteroatoms. The number of rotatable bonds is 4. The number of carbonyl (C=O) groups excluding carboxylic acids is 1. The number of hydrogen-bond donors (Lipinski definition) is 1. The maximum Gasteiger partial charge on any atom is 0.259 e. The van der Waals surface area contributed by atoms with E-state index in [1.54, 1.807) is 34.9 Å². The minimum atomic E-state index is -0.282. The van der Waals surface area contributed by atoms with Crippen LogP contribution in [0.3, 0.4) is 0 Å². The van der Waals surface area contributed by atoms with Crippen LogP contribution in [0.15, 0.2) is 42.9 Å². The summed E-state index contributed by atoms with van der Waals surface area (Å²) < 4.78 is 16.5. The van der Waals surface area contributed by atoms with Crippen LogP contribution >= 0.6 is 0 Å². The predicted octanol–water partition coefficient (Wildman–Crippen LogP) is 2.36. The van der Waals surface area contributed by atoms with Gasteiger partial charge in [0.2, 0.25) is 0 Å². The highest BCUT2D eigenvalue weighted by Gasteiger charge is 2.13. The van der Waals surface area contributed by atoms with E-state index < -0.39 is 0 Å². The van der Waals surface area contributed by atoms with E-state index in [2.05, 4.69) is 15.5 Å². The SMILES string of the molecule is Cc1c(C(=O)Nc2cnn(Cc3cccc(F)c3)c2)cnn1C. The largest absolute Gasteiger partial charge is 0.319 e. The Morgan fingerprint density at radius 1 is 1.30 bits per heavy atom. The van der Waals surface area contributed by atoms with Crippen molar-refractivity contribution in [1.82, 2.24) is 19.6 Å². The molecular formula is C16H16FN5O. The summed E-state index contributed by atoms with van der Waals surface area (Å²) >= 11 is 0. The lowest BCUT2D eigenvalue weighted by Crippen LogP contribution is -2.12. The highest BCUT2D eigenvalue weighted by Crippen LogP contribution is 2.12. The van der Waals surface area contributed by atoms with Crippen LogP contribution in [0.2, 0.25) is 0 Å². The van der Waals surface area contributed by atoms with Crippen molar-refractivity contribution in [2.75, 3.05) is 5.32 Å². The van der Waals surface area contributed by atoms with Gasteiger partial charge in [-0.3, -0.25) is 14.2 Å². The molecule has 23 heavy (non-hydrogen) atoms. The molecule has 1 amide bonds. The minimum absolute atomic E-state index is 0.235. The van der Waals surface area contributed by atoms with Gasteiger partial charge in [0.05, 0.1) is 30.2 Å². The Hall–Kier alpha value is -2.96. The van der Waals surface area contributed by atoms with Crippen LogP contribution in [0.4, 0.5) is 10.1 Å². The highest BCUT2D eigenvalue weighted by atomic mass is 19.1. The van der Waals surface area contributed by atoms with Crippen LogP contribution in [-0.2, 0) is 13.6 Å². The zero-order valence-corrected chi connectivity index (χ0v) is 12.8. The first-order chi connectivity index (χ1) is 11.0. The van der Waals surface area contributed by atoms with E-state index in [0.29, 0.717) is 17.8 Å². The van der Waals surface area contributed by atoms with Gasteiger partial charge in [-0.05, 0) is 24.6 Å². The average molecular weight is 313 g/mol. The molecule has 0 spiro atoms. The van der Waals surface area contributed by atoms with Crippen molar-refractivity contribution in [2.24, 2.45) is 7.05 Å². The van der Waals surface area contributed by atoms with Gasteiger partial charge in [-0.1, -0.05) is 12.1 Å². The third kappa shape index (κ3) is 3.28. The van der Waals surface area contributed by atoms with Gasteiger partial charge < -0.3 is 5.32 Å². The van der Waals surface area contributed by atoms with Gasteiger partial charge in [0.15, 0.2) is 0 Å². The Labute approximate surface area is 132 Å². The molecule has 3 rings (SSSR count). The zero-order chi connectivity index (χ0) is 16.4. The molecule has 1 aromatic carbocycles. The molecule has 0 saturated heterocycles. The number of hydrogen-bond acceptors (Lipinski definition) is 3. The molecule has 0 radical (unpaired) electrons. The van der Waals surface area contributed by atoms with Gasteiger partial charge in [0, 0.05) is 18.9 Å². The van der Waals surface area contributed by atoms with Crippen molar-refractivity contribution in [3.8, 4) is 0 Å². The summed E-state index contributed by atoms with van der Waals surface area (Å²) in [4.78, 5) is 12.2. The maximum atomic E-state index is 13.2. The molecule has 0 fully saturated rings. The van der Waals surface area contributed by atoms with Gasteiger partial charge >= 0.3 is 0 Å². The van der Waals surface area contributed by atoms with Crippen molar-refractivity contribution < 1.29 is 9.18 Å². The number of nitrogens with one attached hydrogen (secondary N) is 1. The molecule has 0 bridgehead atoms. The zero-order valence-electron chi connectivity index (χ0n) is 12.8. The molecule has 0 unspecified atom stereocenters. The minimum Gasteiger partial charge on any atom is -0.319 e. The quantitative estimate of drug-likeness (QED) is 0.804. The number of carbonyl (C=O) groups is 1. The van der Waals surface area contributed by atoms with Gasteiger partial charge in [-0.2, -0.15) is 10.2 Å². The molecule has 1 N–H and O–H groups in total. The van der Waals surface area contributed by atoms with E-state index in [1.807, 2.05) is 13.0 Å². The summed E-state index contributed by atoms with van der Waals surface area (Å²) in [6, 6.07) is 6.33. The first-order valence-corrected chi connectivity index (χ1v) is 7.10. The Bertz CT molecular complexity index is 852. The van der Waals surface area contributed by atoms with Gasteiger partial charge in [0.25, 0.3) is 5.91 Å². The highest BCUT2D eigenvalue weighted by molar-refractivity contribution is 6.04. The van der Waals surface area contributed by atoms with Crippen LogP contribution in [0.25, 0.3) is 0 Å². The molecule has 118 valence electrons. The lowest BCUT2D eigenvalue weighted by molar-refractivity contribution is 0.102. The lowest BCUT2D eigenvalue weighted by Gasteiger charge is -2.03. The van der Waals surface area contributed by atoms with Gasteiger partial charge in [-0.25, -0.2) is 4.39 Å². The summed E-state index contributed by atoms with van der Waals surface area (Å²) in [5.41, 5.74) is 2.68. The van der Waals surface area contributed by atoms with Gasteiger partial charge in [-0.15, -0.1) is 0 Å². The molecule has 0 aliphatic rings. The summed E-state index contributed by atoms with van der Waals surface area (Å²) in [7, 11) is 1.78. The number of nitrogens with zero attached hydrogens (tertiary/aromatic N) is 4. The first kappa shape index (κ1) is 15.0. The normalized spacial score (nSPS) is 10.7. The topological polar surface area (TPSA) is 64.7 Å². The summed E-state index contributed by atoms with van der Waals surface area (Å²) in [6.07, 6.45) is 4.79. The second-order valence-corrected chi connectivity index (χ2v) is 5.28. The fourth-order valence-corrected chi connectivity index (χ4v) is 2.26. The molecule has 3 aromatic rings. The van der Waals surface area contributed by atoms with E-state index in [1.165, 1.54) is 18.3 Å². The lowest BCUT2D eigenvalue weighted by atomic mass is 10.2. The van der Waals surface area contributed by atoms with Crippen LogP contribution < -0.4 is 5.32 Å². The Balaban J connectivity index is 1.70. The van der Waals surface area contributed by atoms with E-state index in [0.717, 1.165) is 11.3 Å². The van der Waals surface area contributed by atoms with Crippen molar-refractivity contribution in [3.05, 3.63) is 65.5 Å². The molecule has 0 aliphatic carbocycles. The Kier molecular flexibility index (Phi) is 3.92. The number of anilines is 1. The van der Waals surface area contributed by atoms with Crippen LogP contribution in [0.1, 0.15) is 21.6 Å². The molecule has 2 heterocycles. The number of halogens is 1. The smallest absolute Gasteiger partial charge is 0.259 e. The standard InChI is InChI=1S/C16H16FN5O/c1-11-15(8-18-21(11)2)16(23)20-14-7-19-22(10-14)9-12-4-3-5-13(17)6-12/h3-8,10H,9H2,1-2H3,(H,20,23). The molecule has 0 saturated carbocycles.